The Balaban J connectivity index is 1.57. The Morgan fingerprint density at radius 1 is 0.800 bits per heavy atom. The highest BCUT2D eigenvalue weighted by atomic mass is 16.5. The first-order valence-corrected chi connectivity index (χ1v) is 8.87. The van der Waals surface area contributed by atoms with Crippen molar-refractivity contribution >= 4 is 0 Å². The molecule has 0 fully saturated rings. The van der Waals surface area contributed by atoms with Crippen LogP contribution < -0.4 is 4.74 Å². The maximum absolute atomic E-state index is 5.22. The van der Waals surface area contributed by atoms with Gasteiger partial charge in [-0.05, 0) is 66.5 Å². The van der Waals surface area contributed by atoms with E-state index in [1.807, 2.05) is 12.1 Å². The summed E-state index contributed by atoms with van der Waals surface area (Å²) in [4.78, 5) is 0. The van der Waals surface area contributed by atoms with E-state index in [2.05, 4.69) is 73.7 Å². The molecule has 0 amide bonds. The van der Waals surface area contributed by atoms with Gasteiger partial charge < -0.3 is 4.74 Å². The molecule has 1 heteroatoms. The average Bonchev–Trinajstić information content (AvgIpc) is 2.69. The maximum Gasteiger partial charge on any atom is 0.118 e. The van der Waals surface area contributed by atoms with Crippen LogP contribution in [0.3, 0.4) is 0 Å². The van der Waals surface area contributed by atoms with Gasteiger partial charge in [0.2, 0.25) is 0 Å². The molecule has 0 aromatic heterocycles. The number of hydrogen-bond donors (Lipinski definition) is 0. The molecule has 0 aliphatic rings. The van der Waals surface area contributed by atoms with Crippen molar-refractivity contribution in [3.63, 3.8) is 0 Å². The van der Waals surface area contributed by atoms with Crippen LogP contribution in [-0.4, -0.2) is 7.11 Å². The van der Waals surface area contributed by atoms with Gasteiger partial charge in [0.25, 0.3) is 0 Å². The van der Waals surface area contributed by atoms with Crippen LogP contribution in [0.15, 0.2) is 78.9 Å². The Morgan fingerprint density at radius 2 is 1.40 bits per heavy atom. The number of aryl methyl sites for hydroxylation is 1. The quantitative estimate of drug-likeness (QED) is 0.494. The van der Waals surface area contributed by atoms with E-state index in [0.29, 0.717) is 5.92 Å². The van der Waals surface area contributed by atoms with E-state index >= 15 is 0 Å². The fourth-order valence-electron chi connectivity index (χ4n) is 3.10. The molecular weight excluding hydrogens is 304 g/mol. The molecule has 0 aliphatic heterocycles. The van der Waals surface area contributed by atoms with Gasteiger partial charge in [-0.2, -0.15) is 0 Å². The van der Waals surface area contributed by atoms with Gasteiger partial charge >= 0.3 is 0 Å². The molecule has 1 nitrogen and oxygen atoms in total. The van der Waals surface area contributed by atoms with Crippen molar-refractivity contribution in [1.82, 2.24) is 0 Å². The first kappa shape index (κ1) is 17.3. The van der Waals surface area contributed by atoms with Crippen LogP contribution in [-0.2, 0) is 6.42 Å². The molecule has 1 atom stereocenters. The molecule has 0 bridgehead atoms. The van der Waals surface area contributed by atoms with Crippen molar-refractivity contribution in [3.8, 4) is 16.9 Å². The molecule has 0 saturated carbocycles. The number of hydrogen-bond acceptors (Lipinski definition) is 1. The molecule has 0 N–H and O–H groups in total. The van der Waals surface area contributed by atoms with Crippen LogP contribution in [0.1, 0.15) is 29.9 Å². The maximum atomic E-state index is 5.22. The van der Waals surface area contributed by atoms with Crippen molar-refractivity contribution in [2.75, 3.05) is 7.11 Å². The normalized spacial score (nSPS) is 11.9. The highest BCUT2D eigenvalue weighted by Gasteiger charge is 2.06. The number of benzene rings is 3. The Bertz CT molecular complexity index is 757. The Kier molecular flexibility index (Phi) is 5.90. The molecule has 0 spiro atoms. The van der Waals surface area contributed by atoms with Crippen molar-refractivity contribution < 1.29 is 4.74 Å². The zero-order valence-electron chi connectivity index (χ0n) is 14.8. The van der Waals surface area contributed by atoms with Crippen LogP contribution in [0.5, 0.6) is 5.75 Å². The van der Waals surface area contributed by atoms with Crippen LogP contribution in [0.2, 0.25) is 0 Å². The van der Waals surface area contributed by atoms with Gasteiger partial charge in [0.1, 0.15) is 5.75 Å². The van der Waals surface area contributed by atoms with Crippen molar-refractivity contribution in [2.45, 2.75) is 25.2 Å². The molecule has 3 rings (SSSR count). The minimum atomic E-state index is 0.341. The lowest BCUT2D eigenvalue weighted by atomic mass is 9.93. The van der Waals surface area contributed by atoms with Gasteiger partial charge in [0.05, 0.1) is 7.11 Å². The van der Waals surface area contributed by atoms with Gasteiger partial charge in [-0.3, -0.25) is 0 Å². The highest BCUT2D eigenvalue weighted by Crippen LogP contribution is 2.26. The second kappa shape index (κ2) is 8.53. The smallest absolute Gasteiger partial charge is 0.118 e. The summed E-state index contributed by atoms with van der Waals surface area (Å²) in [6.07, 6.45) is 3.39. The second-order valence-electron chi connectivity index (χ2n) is 6.43. The van der Waals surface area contributed by atoms with E-state index in [4.69, 9.17) is 4.74 Å². The SMILES string of the molecule is [CH2]C(CCCc1ccccc1)c1ccc(-c2ccc(OC)cc2)cc1. The van der Waals surface area contributed by atoms with Crippen molar-refractivity contribution in [1.29, 1.82) is 0 Å². The van der Waals surface area contributed by atoms with E-state index in [1.165, 1.54) is 28.7 Å². The largest absolute Gasteiger partial charge is 0.497 e. The van der Waals surface area contributed by atoms with Gasteiger partial charge in [0.15, 0.2) is 0 Å². The number of methoxy groups -OCH3 is 1. The predicted octanol–water partition coefficient (Wildman–Crippen LogP) is 6.30. The summed E-state index contributed by atoms with van der Waals surface area (Å²) in [5, 5.41) is 0. The molecule has 3 aromatic carbocycles. The first-order chi connectivity index (χ1) is 12.3. The van der Waals surface area contributed by atoms with E-state index in [-0.39, 0.29) is 0 Å². The monoisotopic (exact) mass is 329 g/mol. The van der Waals surface area contributed by atoms with Crippen molar-refractivity contribution in [2.24, 2.45) is 0 Å². The summed E-state index contributed by atoms with van der Waals surface area (Å²) in [6, 6.07) is 27.6. The summed E-state index contributed by atoms with van der Waals surface area (Å²) < 4.78 is 5.22. The third kappa shape index (κ3) is 4.73. The minimum Gasteiger partial charge on any atom is -0.497 e. The fourth-order valence-corrected chi connectivity index (χ4v) is 3.10. The highest BCUT2D eigenvalue weighted by molar-refractivity contribution is 5.64. The van der Waals surface area contributed by atoms with Gasteiger partial charge in [0, 0.05) is 0 Å². The number of rotatable bonds is 7. The van der Waals surface area contributed by atoms with Crippen LogP contribution >= 0.6 is 0 Å². The van der Waals surface area contributed by atoms with E-state index < -0.39 is 0 Å². The fraction of sp³-hybridized carbons (Fsp3) is 0.208. The summed E-state index contributed by atoms with van der Waals surface area (Å²) in [5.41, 5.74) is 5.15. The minimum absolute atomic E-state index is 0.341. The molecule has 1 radical (unpaired) electrons. The topological polar surface area (TPSA) is 9.23 Å². The molecule has 0 saturated heterocycles. The van der Waals surface area contributed by atoms with Crippen LogP contribution in [0.4, 0.5) is 0 Å². The van der Waals surface area contributed by atoms with E-state index in [9.17, 15) is 0 Å². The van der Waals surface area contributed by atoms with Crippen molar-refractivity contribution in [3.05, 3.63) is 96.9 Å². The lowest BCUT2D eigenvalue weighted by Gasteiger charge is -2.13. The Labute approximate surface area is 151 Å². The summed E-state index contributed by atoms with van der Waals surface area (Å²) in [7, 11) is 1.69. The van der Waals surface area contributed by atoms with E-state index in [1.54, 1.807) is 7.11 Å². The molecular formula is C24H25O. The molecule has 127 valence electrons. The molecule has 0 aliphatic carbocycles. The predicted molar refractivity (Wildman–Crippen MR) is 106 cm³/mol. The zero-order valence-corrected chi connectivity index (χ0v) is 14.8. The molecule has 1 unspecified atom stereocenters. The second-order valence-corrected chi connectivity index (χ2v) is 6.43. The molecule has 3 aromatic rings. The molecule has 25 heavy (non-hydrogen) atoms. The summed E-state index contributed by atoms with van der Waals surface area (Å²) in [5.74, 6) is 1.23. The Hall–Kier alpha value is -2.54. The molecule has 0 heterocycles. The Morgan fingerprint density at radius 3 is 2.00 bits per heavy atom. The lowest BCUT2D eigenvalue weighted by molar-refractivity contribution is 0.415. The van der Waals surface area contributed by atoms with Crippen LogP contribution in [0.25, 0.3) is 11.1 Å². The lowest BCUT2D eigenvalue weighted by Crippen LogP contribution is -1.96. The van der Waals surface area contributed by atoms with E-state index in [0.717, 1.165) is 18.6 Å². The van der Waals surface area contributed by atoms with Gasteiger partial charge in [-0.25, -0.2) is 0 Å². The zero-order chi connectivity index (χ0) is 17.5. The van der Waals surface area contributed by atoms with Crippen LogP contribution in [0, 0.1) is 6.92 Å². The summed E-state index contributed by atoms with van der Waals surface area (Å²) >= 11 is 0. The van der Waals surface area contributed by atoms with Gasteiger partial charge in [-0.1, -0.05) is 66.7 Å². The third-order valence-electron chi connectivity index (χ3n) is 4.67. The standard InChI is InChI=1S/C24H25O/c1-19(7-6-10-20-8-4-3-5-9-20)21-11-13-22(14-12-21)23-15-17-24(25-2)18-16-23/h3-5,8-9,11-19H,1,6-7,10H2,2H3. The average molecular weight is 329 g/mol. The van der Waals surface area contributed by atoms with Gasteiger partial charge in [-0.15, -0.1) is 0 Å². The number of ether oxygens (including phenoxy) is 1. The first-order valence-electron chi connectivity index (χ1n) is 8.87. The third-order valence-corrected chi connectivity index (χ3v) is 4.67. The summed E-state index contributed by atoms with van der Waals surface area (Å²) in [6.45, 7) is 4.35.